The number of fused-ring (bicyclic) bond motifs is 4. The number of hydrogen-bond donors (Lipinski definition) is 3. The molecular formula is C45H46ClN9O7S. The molecule has 0 saturated carbocycles. The summed E-state index contributed by atoms with van der Waals surface area (Å²) in [6.45, 7) is 9.93. The van der Waals surface area contributed by atoms with Crippen molar-refractivity contribution < 1.29 is 28.6 Å². The second kappa shape index (κ2) is 19.0. The van der Waals surface area contributed by atoms with Crippen molar-refractivity contribution in [3.63, 3.8) is 0 Å². The Kier molecular flexibility index (Phi) is 13.1. The van der Waals surface area contributed by atoms with Gasteiger partial charge < -0.3 is 24.8 Å². The van der Waals surface area contributed by atoms with E-state index in [1.165, 1.54) is 9.56 Å². The molecule has 0 radical (unpaired) electrons. The van der Waals surface area contributed by atoms with Crippen LogP contribution in [-0.2, 0) is 23.9 Å². The molecule has 1 fully saturated rings. The van der Waals surface area contributed by atoms with Gasteiger partial charge in [-0.1, -0.05) is 41.9 Å². The predicted molar refractivity (Wildman–Crippen MR) is 241 cm³/mol. The van der Waals surface area contributed by atoms with Gasteiger partial charge in [-0.05, 0) is 70.0 Å². The molecule has 6 aromatic rings. The number of benzene rings is 3. The van der Waals surface area contributed by atoms with Crippen LogP contribution in [0, 0.1) is 27.7 Å². The smallest absolute Gasteiger partial charge is 0.277 e. The van der Waals surface area contributed by atoms with Crippen molar-refractivity contribution in [3.8, 4) is 10.8 Å². The Bertz CT molecular complexity index is 2800. The number of carbonyl (C=O) groups excluding carboxylic acids is 3. The fourth-order valence-corrected chi connectivity index (χ4v) is 9.06. The zero-order valence-corrected chi connectivity index (χ0v) is 36.8. The fourth-order valence-electron chi connectivity index (χ4n) is 7.72. The molecular weight excluding hydrogens is 846 g/mol. The van der Waals surface area contributed by atoms with E-state index in [2.05, 4.69) is 45.1 Å². The third-order valence-electron chi connectivity index (χ3n) is 10.9. The Labute approximate surface area is 371 Å². The van der Waals surface area contributed by atoms with Gasteiger partial charge >= 0.3 is 0 Å². The SMILES string of the molecule is Cc1sc2c(c1C)C(c1ccc(Cl)cc1)=N[C@@H](CC(=O)Nc1cccc(OCCOCCOCCNc3cccc4c(C)nn(C5CCC(=O)NC5=O)c(=O)c34)c1)c1nnc(C)n1-2. The first-order chi connectivity index (χ1) is 30.5. The number of aliphatic imine (C=N–C) groups is 1. The van der Waals surface area contributed by atoms with Crippen LogP contribution in [0.3, 0.4) is 0 Å². The highest BCUT2D eigenvalue weighted by molar-refractivity contribution is 7.15. The first kappa shape index (κ1) is 43.4. The summed E-state index contributed by atoms with van der Waals surface area (Å²) in [5, 5.41) is 24.6. The molecule has 0 aliphatic carbocycles. The lowest BCUT2D eigenvalue weighted by atomic mass is 9.99. The van der Waals surface area contributed by atoms with Crippen molar-refractivity contribution in [1.29, 1.82) is 0 Å². The summed E-state index contributed by atoms with van der Waals surface area (Å²) in [4.78, 5) is 57.7. The number of aryl methyl sites for hydroxylation is 3. The maximum atomic E-state index is 13.6. The summed E-state index contributed by atoms with van der Waals surface area (Å²) in [5.41, 5.74) is 5.16. The number of nitrogens with zero attached hydrogens (tertiary/aromatic N) is 6. The summed E-state index contributed by atoms with van der Waals surface area (Å²) in [6, 6.07) is 18.7. The molecule has 2 aliphatic heterocycles. The van der Waals surface area contributed by atoms with Crippen molar-refractivity contribution in [2.75, 3.05) is 50.2 Å². The molecule has 18 heteroatoms. The molecule has 2 atom stereocenters. The molecule has 0 spiro atoms. The molecule has 326 valence electrons. The van der Waals surface area contributed by atoms with Gasteiger partial charge in [-0.15, -0.1) is 21.5 Å². The molecule has 0 bridgehead atoms. The van der Waals surface area contributed by atoms with Crippen LogP contribution in [0.15, 0.2) is 76.5 Å². The van der Waals surface area contributed by atoms with E-state index in [4.69, 9.17) is 30.8 Å². The Balaban J connectivity index is 0.801. The topological polar surface area (TPSA) is 193 Å². The molecule has 1 saturated heterocycles. The third kappa shape index (κ3) is 9.41. The maximum absolute atomic E-state index is 13.6. The van der Waals surface area contributed by atoms with Gasteiger partial charge in [0.2, 0.25) is 11.8 Å². The lowest BCUT2D eigenvalue weighted by molar-refractivity contribution is -0.136. The molecule has 63 heavy (non-hydrogen) atoms. The quantitative estimate of drug-likeness (QED) is 0.0725. The second-order valence-electron chi connectivity index (χ2n) is 15.2. The molecule has 5 heterocycles. The second-order valence-corrected chi connectivity index (χ2v) is 16.9. The van der Waals surface area contributed by atoms with E-state index in [-0.39, 0.29) is 37.7 Å². The number of halogens is 1. The van der Waals surface area contributed by atoms with E-state index in [1.54, 1.807) is 36.5 Å². The number of rotatable bonds is 16. The largest absolute Gasteiger partial charge is 0.491 e. The molecule has 3 amide bonds. The van der Waals surface area contributed by atoms with Crippen LogP contribution in [0.5, 0.6) is 5.75 Å². The van der Waals surface area contributed by atoms with Gasteiger partial charge in [0, 0.05) is 56.8 Å². The average Bonchev–Trinajstić information content (AvgIpc) is 3.74. The lowest BCUT2D eigenvalue weighted by Crippen LogP contribution is -2.45. The Morgan fingerprint density at radius 3 is 2.49 bits per heavy atom. The molecule has 8 rings (SSSR count). The summed E-state index contributed by atoms with van der Waals surface area (Å²) in [7, 11) is 0. The molecule has 3 aromatic heterocycles. The van der Waals surface area contributed by atoms with Crippen LogP contribution >= 0.6 is 22.9 Å². The third-order valence-corrected chi connectivity index (χ3v) is 12.4. The van der Waals surface area contributed by atoms with Gasteiger partial charge in [0.05, 0.1) is 49.6 Å². The Morgan fingerprint density at radius 2 is 1.70 bits per heavy atom. The molecule has 3 N–H and O–H groups in total. The number of nitrogens with one attached hydrogen (secondary N) is 3. The van der Waals surface area contributed by atoms with Crippen LogP contribution in [0.1, 0.15) is 70.3 Å². The van der Waals surface area contributed by atoms with Gasteiger partial charge in [-0.25, -0.2) is 4.68 Å². The van der Waals surface area contributed by atoms with E-state index in [9.17, 15) is 19.2 Å². The number of imide groups is 1. The van der Waals surface area contributed by atoms with E-state index in [0.29, 0.717) is 77.4 Å². The number of amides is 3. The summed E-state index contributed by atoms with van der Waals surface area (Å²) >= 11 is 7.91. The molecule has 16 nitrogen and oxygen atoms in total. The van der Waals surface area contributed by atoms with Crippen LogP contribution in [0.25, 0.3) is 15.8 Å². The highest BCUT2D eigenvalue weighted by Crippen LogP contribution is 2.40. The van der Waals surface area contributed by atoms with Crippen LogP contribution in [0.4, 0.5) is 11.4 Å². The van der Waals surface area contributed by atoms with Crippen molar-refractivity contribution >= 4 is 68.5 Å². The van der Waals surface area contributed by atoms with Crippen molar-refractivity contribution in [2.24, 2.45) is 4.99 Å². The number of aromatic nitrogens is 5. The van der Waals surface area contributed by atoms with E-state index in [0.717, 1.165) is 33.2 Å². The Morgan fingerprint density at radius 1 is 0.937 bits per heavy atom. The summed E-state index contributed by atoms with van der Waals surface area (Å²) in [6.07, 6.45) is 0.387. The maximum Gasteiger partial charge on any atom is 0.277 e. The summed E-state index contributed by atoms with van der Waals surface area (Å²) < 4.78 is 20.6. The normalized spacial score (nSPS) is 15.9. The van der Waals surface area contributed by atoms with E-state index in [1.807, 2.05) is 60.0 Å². The zero-order valence-electron chi connectivity index (χ0n) is 35.2. The minimum atomic E-state index is -0.854. The fraction of sp³-hybridized carbons (Fsp3) is 0.333. The van der Waals surface area contributed by atoms with Crippen LogP contribution in [-0.4, -0.2) is 87.6 Å². The van der Waals surface area contributed by atoms with Gasteiger partial charge in [-0.3, -0.25) is 34.1 Å². The minimum absolute atomic E-state index is 0.0351. The number of anilines is 2. The number of carbonyl (C=O) groups is 3. The van der Waals surface area contributed by atoms with Gasteiger partial charge in [0.15, 0.2) is 5.82 Å². The van der Waals surface area contributed by atoms with Crippen LogP contribution < -0.4 is 26.2 Å². The number of thiophene rings is 1. The molecule has 2 aliphatic rings. The monoisotopic (exact) mass is 891 g/mol. The van der Waals surface area contributed by atoms with Crippen LogP contribution in [0.2, 0.25) is 5.02 Å². The van der Waals surface area contributed by atoms with Crippen molar-refractivity contribution in [3.05, 3.63) is 121 Å². The lowest BCUT2D eigenvalue weighted by Gasteiger charge is -2.23. The van der Waals surface area contributed by atoms with Gasteiger partial charge in [0.1, 0.15) is 35.3 Å². The molecule has 3 aromatic carbocycles. The minimum Gasteiger partial charge on any atom is -0.491 e. The average molecular weight is 892 g/mol. The molecule has 1 unspecified atom stereocenters. The highest BCUT2D eigenvalue weighted by Gasteiger charge is 2.33. The standard InChI is InChI=1S/C45H46ClN9O7S/c1-25-27(3)63-45-39(25)41(29-11-13-30(46)14-12-29)49-35(42-52-51-28(4)54(42)45)24-38(57)48-31-7-5-8-32(23-31)62-22-21-61-20-19-60-18-17-47-34-10-6-9-33-26(2)53-55(44(59)40(33)34)36-15-16-37(56)50-43(36)58/h5-14,23,35-36,47H,15-22,24H2,1-4H3,(H,48,57)(H,50,56,58)/t35-,36?/m0/s1. The summed E-state index contributed by atoms with van der Waals surface area (Å²) in [5.74, 6) is 0.766. The van der Waals surface area contributed by atoms with Crippen molar-refractivity contribution in [2.45, 2.75) is 59.0 Å². The van der Waals surface area contributed by atoms with Crippen molar-refractivity contribution in [1.82, 2.24) is 29.9 Å². The number of hydrogen-bond acceptors (Lipinski definition) is 13. The highest BCUT2D eigenvalue weighted by atomic mass is 35.5. The first-order valence-electron chi connectivity index (χ1n) is 20.6. The zero-order chi connectivity index (χ0) is 44.2. The predicted octanol–water partition coefficient (Wildman–Crippen LogP) is 6.35. The Hall–Kier alpha value is -6.27. The number of piperidine rings is 1. The van der Waals surface area contributed by atoms with E-state index < -0.39 is 23.6 Å². The first-order valence-corrected chi connectivity index (χ1v) is 21.8. The van der Waals surface area contributed by atoms with Gasteiger partial charge in [-0.2, -0.15) is 5.10 Å². The number of ether oxygens (including phenoxy) is 3. The van der Waals surface area contributed by atoms with Gasteiger partial charge in [0.25, 0.3) is 11.5 Å². The van der Waals surface area contributed by atoms with E-state index >= 15 is 0 Å².